The Morgan fingerprint density at radius 2 is 1.83 bits per heavy atom. The summed E-state index contributed by atoms with van der Waals surface area (Å²) >= 11 is 3.42. The highest BCUT2D eigenvalue weighted by molar-refractivity contribution is 9.10. The number of anilines is 1. The van der Waals surface area contributed by atoms with E-state index in [0.29, 0.717) is 10.0 Å². The maximum Gasteiger partial charge on any atom is 0.339 e. The number of carbonyl (C=O) groups is 2. The van der Waals surface area contributed by atoms with Gasteiger partial charge in [0.2, 0.25) is 0 Å². The highest BCUT2D eigenvalue weighted by atomic mass is 79.9. The average Bonchev–Trinajstić information content (AvgIpc) is 2.52. The zero-order valence-electron chi connectivity index (χ0n) is 14.6. The van der Waals surface area contributed by atoms with Crippen LogP contribution in [0.1, 0.15) is 44.0 Å². The number of carbonyl (C=O) groups excluding carboxylic acids is 2. The molecule has 0 saturated carbocycles. The Kier molecular flexibility index (Phi) is 5.91. The minimum atomic E-state index is -0.442. The minimum Gasteiger partial charge on any atom is -0.465 e. The van der Waals surface area contributed by atoms with Crippen LogP contribution in [0.2, 0.25) is 0 Å². The SMILES string of the molecule is COC(=O)c1ccc(N2CCC(C(=O)OC(C)(C)C)CC2)cc1Br. The molecule has 0 spiro atoms. The van der Waals surface area contributed by atoms with Gasteiger partial charge < -0.3 is 14.4 Å². The molecule has 0 aromatic heterocycles. The number of benzene rings is 1. The molecular formula is C18H24BrNO4. The second kappa shape index (κ2) is 7.55. The summed E-state index contributed by atoms with van der Waals surface area (Å²) < 4.78 is 10.9. The van der Waals surface area contributed by atoms with Crippen molar-refractivity contribution in [2.75, 3.05) is 25.1 Å². The molecule has 0 atom stereocenters. The van der Waals surface area contributed by atoms with Crippen LogP contribution in [0.4, 0.5) is 5.69 Å². The molecule has 0 aliphatic carbocycles. The number of methoxy groups -OCH3 is 1. The molecule has 1 heterocycles. The summed E-state index contributed by atoms with van der Waals surface area (Å²) in [7, 11) is 1.37. The topological polar surface area (TPSA) is 55.8 Å². The van der Waals surface area contributed by atoms with E-state index >= 15 is 0 Å². The van der Waals surface area contributed by atoms with Crippen LogP contribution in [-0.4, -0.2) is 37.7 Å². The van der Waals surface area contributed by atoms with E-state index in [1.165, 1.54) is 7.11 Å². The summed E-state index contributed by atoms with van der Waals surface area (Å²) in [6.07, 6.45) is 1.54. The molecule has 0 amide bonds. The summed E-state index contributed by atoms with van der Waals surface area (Å²) in [6.45, 7) is 7.24. The molecule has 0 radical (unpaired) electrons. The molecule has 6 heteroatoms. The van der Waals surface area contributed by atoms with E-state index in [2.05, 4.69) is 20.8 Å². The van der Waals surface area contributed by atoms with E-state index < -0.39 is 5.60 Å². The lowest BCUT2D eigenvalue weighted by molar-refractivity contribution is -0.160. The van der Waals surface area contributed by atoms with E-state index in [1.54, 1.807) is 6.07 Å². The molecule has 5 nitrogen and oxygen atoms in total. The third-order valence-electron chi connectivity index (χ3n) is 3.96. The van der Waals surface area contributed by atoms with Crippen molar-refractivity contribution in [3.8, 4) is 0 Å². The Morgan fingerprint density at radius 1 is 1.21 bits per heavy atom. The number of rotatable bonds is 3. The van der Waals surface area contributed by atoms with E-state index in [-0.39, 0.29) is 17.9 Å². The largest absolute Gasteiger partial charge is 0.465 e. The molecule has 1 aromatic carbocycles. The maximum absolute atomic E-state index is 12.2. The molecule has 1 aromatic rings. The zero-order valence-corrected chi connectivity index (χ0v) is 16.2. The van der Waals surface area contributed by atoms with Crippen LogP contribution in [0.5, 0.6) is 0 Å². The van der Waals surface area contributed by atoms with Crippen molar-refractivity contribution in [2.24, 2.45) is 5.92 Å². The first-order valence-electron chi connectivity index (χ1n) is 8.07. The normalized spacial score (nSPS) is 16.0. The highest BCUT2D eigenvalue weighted by Gasteiger charge is 2.29. The Labute approximate surface area is 151 Å². The zero-order chi connectivity index (χ0) is 17.9. The van der Waals surface area contributed by atoms with Gasteiger partial charge >= 0.3 is 11.9 Å². The number of piperidine rings is 1. The maximum atomic E-state index is 12.2. The van der Waals surface area contributed by atoms with Gasteiger partial charge in [0.15, 0.2) is 0 Å². The van der Waals surface area contributed by atoms with Crippen molar-refractivity contribution < 1.29 is 19.1 Å². The number of ether oxygens (including phenoxy) is 2. The smallest absolute Gasteiger partial charge is 0.339 e. The molecule has 0 unspecified atom stereocenters. The van der Waals surface area contributed by atoms with Gasteiger partial charge in [-0.1, -0.05) is 0 Å². The van der Waals surface area contributed by atoms with E-state index in [1.807, 2.05) is 32.9 Å². The van der Waals surface area contributed by atoms with Gasteiger partial charge in [-0.25, -0.2) is 4.79 Å². The summed E-state index contributed by atoms with van der Waals surface area (Å²) in [6, 6.07) is 5.58. The first-order chi connectivity index (χ1) is 11.2. The summed E-state index contributed by atoms with van der Waals surface area (Å²) in [5, 5.41) is 0. The average molecular weight is 398 g/mol. The molecule has 1 aliphatic heterocycles. The van der Waals surface area contributed by atoms with Gasteiger partial charge in [-0.2, -0.15) is 0 Å². The van der Waals surface area contributed by atoms with Gasteiger partial charge in [-0.05, 0) is 67.7 Å². The van der Waals surface area contributed by atoms with Gasteiger partial charge in [-0.3, -0.25) is 4.79 Å². The Morgan fingerprint density at radius 3 is 2.33 bits per heavy atom. The number of esters is 2. The number of nitrogens with zero attached hydrogens (tertiary/aromatic N) is 1. The second-order valence-electron chi connectivity index (χ2n) is 6.95. The number of hydrogen-bond donors (Lipinski definition) is 0. The predicted molar refractivity (Wildman–Crippen MR) is 96.3 cm³/mol. The quantitative estimate of drug-likeness (QED) is 0.726. The standard InChI is InChI=1S/C18H24BrNO4/c1-18(2,3)24-16(21)12-7-9-20(10-8-12)13-5-6-14(15(19)11-13)17(22)23-4/h5-6,11-12H,7-10H2,1-4H3. The number of halogens is 1. The lowest BCUT2D eigenvalue weighted by Crippen LogP contribution is -2.38. The van der Waals surface area contributed by atoms with Crippen molar-refractivity contribution >= 4 is 33.6 Å². The van der Waals surface area contributed by atoms with Crippen LogP contribution in [0.15, 0.2) is 22.7 Å². The molecule has 24 heavy (non-hydrogen) atoms. The Hall–Kier alpha value is -1.56. The van der Waals surface area contributed by atoms with E-state index in [4.69, 9.17) is 9.47 Å². The van der Waals surface area contributed by atoms with Crippen LogP contribution in [0.3, 0.4) is 0 Å². The molecule has 2 rings (SSSR count). The van der Waals surface area contributed by atoms with Crippen LogP contribution < -0.4 is 4.90 Å². The van der Waals surface area contributed by atoms with Crippen LogP contribution in [0.25, 0.3) is 0 Å². The second-order valence-corrected chi connectivity index (χ2v) is 7.80. The third-order valence-corrected chi connectivity index (χ3v) is 4.61. The molecule has 1 saturated heterocycles. The molecule has 1 aliphatic rings. The summed E-state index contributed by atoms with van der Waals surface area (Å²) in [5.41, 5.74) is 1.09. The molecular weight excluding hydrogens is 374 g/mol. The van der Waals surface area contributed by atoms with Crippen LogP contribution in [0, 0.1) is 5.92 Å². The van der Waals surface area contributed by atoms with Crippen LogP contribution >= 0.6 is 15.9 Å². The third kappa shape index (κ3) is 4.72. The van der Waals surface area contributed by atoms with E-state index in [0.717, 1.165) is 31.6 Å². The first-order valence-corrected chi connectivity index (χ1v) is 8.86. The minimum absolute atomic E-state index is 0.0433. The molecule has 0 bridgehead atoms. The van der Waals surface area contributed by atoms with Crippen LogP contribution in [-0.2, 0) is 14.3 Å². The molecule has 0 N–H and O–H groups in total. The van der Waals surface area contributed by atoms with Crippen molar-refractivity contribution in [3.05, 3.63) is 28.2 Å². The van der Waals surface area contributed by atoms with E-state index in [9.17, 15) is 9.59 Å². The Bertz CT molecular complexity index is 616. The van der Waals surface area contributed by atoms with Crippen molar-refractivity contribution in [1.82, 2.24) is 0 Å². The molecule has 1 fully saturated rings. The fraction of sp³-hybridized carbons (Fsp3) is 0.556. The van der Waals surface area contributed by atoms with Gasteiger partial charge in [0.05, 0.1) is 18.6 Å². The lowest BCUT2D eigenvalue weighted by atomic mass is 9.96. The summed E-state index contributed by atoms with van der Waals surface area (Å²) in [5.74, 6) is -0.514. The fourth-order valence-corrected chi connectivity index (χ4v) is 3.26. The Balaban J connectivity index is 1.98. The number of hydrogen-bond acceptors (Lipinski definition) is 5. The van der Waals surface area contributed by atoms with Crippen molar-refractivity contribution in [2.45, 2.75) is 39.2 Å². The van der Waals surface area contributed by atoms with Gasteiger partial charge in [0.25, 0.3) is 0 Å². The van der Waals surface area contributed by atoms with Gasteiger partial charge in [-0.15, -0.1) is 0 Å². The van der Waals surface area contributed by atoms with Gasteiger partial charge in [0.1, 0.15) is 5.60 Å². The van der Waals surface area contributed by atoms with Crippen molar-refractivity contribution in [3.63, 3.8) is 0 Å². The van der Waals surface area contributed by atoms with Crippen molar-refractivity contribution in [1.29, 1.82) is 0 Å². The fourth-order valence-electron chi connectivity index (χ4n) is 2.73. The lowest BCUT2D eigenvalue weighted by Gasteiger charge is -2.34. The first kappa shape index (κ1) is 18.8. The molecule has 132 valence electrons. The highest BCUT2D eigenvalue weighted by Crippen LogP contribution is 2.29. The summed E-state index contributed by atoms with van der Waals surface area (Å²) in [4.78, 5) is 26.0. The monoisotopic (exact) mass is 397 g/mol. The predicted octanol–water partition coefficient (Wildman–Crippen LogP) is 3.79. The van der Waals surface area contributed by atoms with Gasteiger partial charge in [0, 0.05) is 23.2 Å².